The molecule has 0 saturated heterocycles. The maximum Gasteiger partial charge on any atom is 0.269 e. The molecule has 0 aliphatic carbocycles. The summed E-state index contributed by atoms with van der Waals surface area (Å²) in [7, 11) is 0. The Morgan fingerprint density at radius 2 is 1.97 bits per heavy atom. The molecule has 0 spiro atoms. The molecule has 10 heteroatoms. The Morgan fingerprint density at radius 1 is 1.18 bits per heavy atom. The first-order valence-electron chi connectivity index (χ1n) is 10.0. The Kier molecular flexibility index (Phi) is 7.16. The van der Waals surface area contributed by atoms with E-state index in [1.54, 1.807) is 18.3 Å². The van der Waals surface area contributed by atoms with Crippen LogP contribution in [-0.2, 0) is 6.61 Å². The number of fused-ring (bicyclic) bond motifs is 1. The zero-order valence-corrected chi connectivity index (χ0v) is 19.9. The Morgan fingerprint density at radius 3 is 2.70 bits per heavy atom. The number of anilines is 1. The minimum absolute atomic E-state index is 0.0398. The van der Waals surface area contributed by atoms with Crippen LogP contribution in [0.15, 0.2) is 70.2 Å². The van der Waals surface area contributed by atoms with E-state index in [1.807, 2.05) is 43.3 Å². The smallest absolute Gasteiger partial charge is 0.269 e. The molecule has 0 unspecified atom stereocenters. The van der Waals surface area contributed by atoms with Crippen LogP contribution in [-0.4, -0.2) is 22.7 Å². The van der Waals surface area contributed by atoms with Gasteiger partial charge in [-0.2, -0.15) is 5.10 Å². The number of non-ortho nitro benzene ring substituents is 1. The van der Waals surface area contributed by atoms with Crippen LogP contribution >= 0.6 is 27.3 Å². The van der Waals surface area contributed by atoms with Crippen LogP contribution in [0.1, 0.15) is 18.1 Å². The van der Waals surface area contributed by atoms with E-state index < -0.39 is 4.92 Å². The Hall–Kier alpha value is -3.50. The van der Waals surface area contributed by atoms with Gasteiger partial charge in [-0.15, -0.1) is 0 Å². The summed E-state index contributed by atoms with van der Waals surface area (Å²) in [6.45, 7) is 2.59. The van der Waals surface area contributed by atoms with Gasteiger partial charge in [0.2, 0.25) is 5.13 Å². The van der Waals surface area contributed by atoms with Crippen LogP contribution in [0.5, 0.6) is 11.5 Å². The number of hydrazone groups is 1. The zero-order chi connectivity index (χ0) is 23.2. The molecule has 0 saturated carbocycles. The fourth-order valence-corrected chi connectivity index (χ4v) is 4.41. The number of aromatic nitrogens is 1. The number of nitrogens with zero attached hydrogens (tertiary/aromatic N) is 3. The molecule has 1 N–H and O–H groups in total. The molecule has 1 aromatic heterocycles. The molecule has 0 atom stereocenters. The van der Waals surface area contributed by atoms with Crippen molar-refractivity contribution in [3.05, 3.63) is 86.4 Å². The highest BCUT2D eigenvalue weighted by molar-refractivity contribution is 9.10. The molecular formula is C23H19BrN4O4S. The van der Waals surface area contributed by atoms with Crippen molar-refractivity contribution in [2.24, 2.45) is 5.10 Å². The zero-order valence-electron chi connectivity index (χ0n) is 17.5. The SMILES string of the molecule is CCOc1cc(/C=N\Nc2nc3ccccc3s2)cc(Br)c1OCc1ccc([N+](=O)[O-])cc1. The molecule has 3 aromatic carbocycles. The second-order valence-electron chi connectivity index (χ2n) is 6.83. The maximum absolute atomic E-state index is 10.8. The molecule has 0 bridgehead atoms. The summed E-state index contributed by atoms with van der Waals surface area (Å²) in [6.07, 6.45) is 1.68. The Labute approximate surface area is 202 Å². The van der Waals surface area contributed by atoms with Crippen molar-refractivity contribution in [2.45, 2.75) is 13.5 Å². The fourth-order valence-electron chi connectivity index (χ4n) is 3.02. The van der Waals surface area contributed by atoms with Gasteiger partial charge in [-0.1, -0.05) is 23.5 Å². The number of ether oxygens (including phenoxy) is 2. The van der Waals surface area contributed by atoms with E-state index in [-0.39, 0.29) is 12.3 Å². The fraction of sp³-hybridized carbons (Fsp3) is 0.130. The van der Waals surface area contributed by atoms with Crippen molar-refractivity contribution in [3.8, 4) is 11.5 Å². The summed E-state index contributed by atoms with van der Waals surface area (Å²) in [5.41, 5.74) is 5.55. The molecule has 0 fully saturated rings. The molecule has 0 aliphatic rings. The normalized spacial score (nSPS) is 11.1. The number of nitro benzene ring substituents is 1. The van der Waals surface area contributed by atoms with Crippen molar-refractivity contribution in [2.75, 3.05) is 12.0 Å². The molecular weight excluding hydrogens is 508 g/mol. The number of benzene rings is 3. The lowest BCUT2D eigenvalue weighted by Crippen LogP contribution is -2.02. The van der Waals surface area contributed by atoms with Gasteiger partial charge in [0.25, 0.3) is 5.69 Å². The minimum Gasteiger partial charge on any atom is -0.490 e. The second-order valence-corrected chi connectivity index (χ2v) is 8.72. The second kappa shape index (κ2) is 10.4. The first kappa shape index (κ1) is 22.7. The third-order valence-corrected chi connectivity index (χ3v) is 6.06. The van der Waals surface area contributed by atoms with Gasteiger partial charge in [0.1, 0.15) is 6.61 Å². The van der Waals surface area contributed by atoms with Gasteiger partial charge >= 0.3 is 0 Å². The lowest BCUT2D eigenvalue weighted by Gasteiger charge is -2.14. The monoisotopic (exact) mass is 526 g/mol. The largest absolute Gasteiger partial charge is 0.490 e. The third-order valence-electron chi connectivity index (χ3n) is 4.53. The molecule has 0 aliphatic heterocycles. The number of hydrogen-bond acceptors (Lipinski definition) is 8. The molecule has 4 rings (SSSR count). The average Bonchev–Trinajstić information content (AvgIpc) is 3.22. The van der Waals surface area contributed by atoms with Gasteiger partial charge < -0.3 is 9.47 Å². The number of thiazole rings is 1. The summed E-state index contributed by atoms with van der Waals surface area (Å²) in [5.74, 6) is 1.11. The molecule has 0 amide bonds. The number of para-hydroxylation sites is 1. The van der Waals surface area contributed by atoms with E-state index in [1.165, 1.54) is 23.5 Å². The highest BCUT2D eigenvalue weighted by atomic mass is 79.9. The minimum atomic E-state index is -0.430. The lowest BCUT2D eigenvalue weighted by atomic mass is 10.2. The summed E-state index contributed by atoms with van der Waals surface area (Å²) in [6, 6.07) is 17.9. The van der Waals surface area contributed by atoms with E-state index >= 15 is 0 Å². The number of nitro groups is 1. The van der Waals surface area contributed by atoms with Crippen LogP contribution in [0, 0.1) is 10.1 Å². The van der Waals surface area contributed by atoms with Crippen LogP contribution in [0.3, 0.4) is 0 Å². The number of halogens is 1. The summed E-state index contributed by atoms with van der Waals surface area (Å²) < 4.78 is 13.5. The van der Waals surface area contributed by atoms with Crippen LogP contribution in [0.4, 0.5) is 10.8 Å². The number of rotatable bonds is 9. The predicted octanol–water partition coefficient (Wildman–Crippen LogP) is 6.39. The standard InChI is InChI=1S/C23H19BrN4O4S/c1-2-31-20-12-16(13-25-27-23-26-19-5-3-4-6-21(19)33-23)11-18(24)22(20)32-14-15-7-9-17(10-8-15)28(29)30/h3-13H,2,14H2,1H3,(H,26,27)/b25-13-. The average molecular weight is 527 g/mol. The highest BCUT2D eigenvalue weighted by Crippen LogP contribution is 2.37. The van der Waals surface area contributed by atoms with Crippen LogP contribution in [0.25, 0.3) is 10.2 Å². The Bertz CT molecular complexity index is 1270. The quantitative estimate of drug-likeness (QED) is 0.154. The predicted molar refractivity (Wildman–Crippen MR) is 134 cm³/mol. The first-order valence-corrected chi connectivity index (χ1v) is 11.6. The lowest BCUT2D eigenvalue weighted by molar-refractivity contribution is -0.384. The molecule has 8 nitrogen and oxygen atoms in total. The van der Waals surface area contributed by atoms with Crippen LogP contribution in [0.2, 0.25) is 0 Å². The number of hydrogen-bond donors (Lipinski definition) is 1. The summed E-state index contributed by atoms with van der Waals surface area (Å²) in [4.78, 5) is 14.9. The maximum atomic E-state index is 10.8. The van der Waals surface area contributed by atoms with Crippen molar-refractivity contribution in [3.63, 3.8) is 0 Å². The van der Waals surface area contributed by atoms with E-state index in [4.69, 9.17) is 9.47 Å². The van der Waals surface area contributed by atoms with Gasteiger partial charge in [-0.05, 0) is 70.4 Å². The topological polar surface area (TPSA) is 98.9 Å². The van der Waals surface area contributed by atoms with E-state index in [0.29, 0.717) is 27.7 Å². The van der Waals surface area contributed by atoms with E-state index in [0.717, 1.165) is 21.3 Å². The molecule has 1 heterocycles. The van der Waals surface area contributed by atoms with E-state index in [2.05, 4.69) is 31.4 Å². The molecule has 33 heavy (non-hydrogen) atoms. The van der Waals surface area contributed by atoms with Gasteiger partial charge in [0, 0.05) is 12.1 Å². The van der Waals surface area contributed by atoms with Gasteiger partial charge in [-0.3, -0.25) is 15.5 Å². The van der Waals surface area contributed by atoms with Crippen molar-refractivity contribution in [1.29, 1.82) is 0 Å². The molecule has 4 aromatic rings. The number of nitrogens with one attached hydrogen (secondary N) is 1. The Balaban J connectivity index is 1.47. The first-order chi connectivity index (χ1) is 16.0. The van der Waals surface area contributed by atoms with Crippen LogP contribution < -0.4 is 14.9 Å². The van der Waals surface area contributed by atoms with Crippen molar-refractivity contribution >= 4 is 54.5 Å². The van der Waals surface area contributed by atoms with Crippen molar-refractivity contribution < 1.29 is 14.4 Å². The van der Waals surface area contributed by atoms with Crippen molar-refractivity contribution in [1.82, 2.24) is 4.98 Å². The summed E-state index contributed by atoms with van der Waals surface area (Å²) >= 11 is 5.07. The molecule has 168 valence electrons. The third kappa shape index (κ3) is 5.65. The summed E-state index contributed by atoms with van der Waals surface area (Å²) in [5, 5.41) is 15.8. The van der Waals surface area contributed by atoms with Gasteiger partial charge in [-0.25, -0.2) is 4.98 Å². The van der Waals surface area contributed by atoms with Gasteiger partial charge in [0.15, 0.2) is 11.5 Å². The highest BCUT2D eigenvalue weighted by Gasteiger charge is 2.13. The van der Waals surface area contributed by atoms with Gasteiger partial charge in [0.05, 0.1) is 32.4 Å². The van der Waals surface area contributed by atoms with E-state index in [9.17, 15) is 10.1 Å². The molecule has 0 radical (unpaired) electrons.